The Balaban J connectivity index is 1.17. The quantitative estimate of drug-likeness (QED) is 0.236. The lowest BCUT2D eigenvalue weighted by Crippen LogP contribution is -2.68. The van der Waals surface area contributed by atoms with E-state index in [0.29, 0.717) is 43.2 Å². The lowest BCUT2D eigenvalue weighted by molar-refractivity contribution is -0.228. The van der Waals surface area contributed by atoms with Crippen LogP contribution < -0.4 is 19.4 Å². The number of rotatable bonds is 8. The van der Waals surface area contributed by atoms with Gasteiger partial charge in [-0.2, -0.15) is 0 Å². The van der Waals surface area contributed by atoms with Crippen molar-refractivity contribution >= 4 is 45.4 Å². The zero-order chi connectivity index (χ0) is 34.7. The minimum Gasteiger partial charge on any atom is -0.480 e. The predicted octanol–water partition coefficient (Wildman–Crippen LogP) is 4.94. The maximum atomic E-state index is 14.1. The van der Waals surface area contributed by atoms with E-state index in [0.717, 1.165) is 22.6 Å². The number of nitrogens with zero attached hydrogens (tertiary/aromatic N) is 7. The van der Waals surface area contributed by atoms with Crippen molar-refractivity contribution in [3.63, 3.8) is 0 Å². The first-order valence-corrected chi connectivity index (χ1v) is 16.4. The summed E-state index contributed by atoms with van der Waals surface area (Å²) in [4.78, 5) is 35.7. The molecule has 1 N–H and O–H groups in total. The van der Waals surface area contributed by atoms with Crippen molar-refractivity contribution in [1.82, 2.24) is 19.9 Å². The molecule has 0 bridgehead atoms. The van der Waals surface area contributed by atoms with Gasteiger partial charge in [0.2, 0.25) is 5.88 Å². The van der Waals surface area contributed by atoms with Gasteiger partial charge < -0.3 is 38.4 Å². The Morgan fingerprint density at radius 3 is 2.66 bits per heavy atom. The summed E-state index contributed by atoms with van der Waals surface area (Å²) >= 11 is 0. The topological polar surface area (TPSA) is 139 Å². The molecule has 8 rings (SSSR count). The summed E-state index contributed by atoms with van der Waals surface area (Å²) in [5.41, 5.74) is 2.77. The summed E-state index contributed by atoms with van der Waals surface area (Å²) < 4.78 is 52.6. The van der Waals surface area contributed by atoms with E-state index in [2.05, 4.69) is 26.8 Å². The van der Waals surface area contributed by atoms with Gasteiger partial charge in [0.25, 0.3) is 6.43 Å². The summed E-state index contributed by atoms with van der Waals surface area (Å²) in [6.45, 7) is 4.10. The van der Waals surface area contributed by atoms with Crippen LogP contribution in [0.15, 0.2) is 59.3 Å². The fraction of sp³-hybridized carbons (Fsp3) is 0.400. The molecule has 260 valence electrons. The molecular weight excluding hydrogens is 652 g/mol. The number of ether oxygens (including phenoxy) is 3. The number of anilines is 3. The molecule has 3 atom stereocenters. The molecule has 3 aliphatic heterocycles. The summed E-state index contributed by atoms with van der Waals surface area (Å²) in [5.74, 6) is -0.772. The fourth-order valence-electron chi connectivity index (χ4n) is 7.03. The number of hydrogen-bond acceptors (Lipinski definition) is 12. The molecule has 1 spiro atoms. The SMILES string of the molecule is C[C@@H]1N(c2cc(-c3ccnc(N(C)C)c3)cnc2O[C@H]2CC(C(=O)O)N(c3nc(C(F)F)nc4c3oc3ccccc34)C2)CCOC12COC2. The van der Waals surface area contributed by atoms with Gasteiger partial charge >= 0.3 is 5.97 Å². The Bertz CT molecular complexity index is 2090. The predicted molar refractivity (Wildman–Crippen MR) is 180 cm³/mol. The first kappa shape index (κ1) is 32.1. The highest BCUT2D eigenvalue weighted by molar-refractivity contribution is 6.06. The molecule has 3 aliphatic rings. The zero-order valence-corrected chi connectivity index (χ0v) is 27.6. The Kier molecular flexibility index (Phi) is 7.90. The highest BCUT2D eigenvalue weighted by atomic mass is 19.3. The van der Waals surface area contributed by atoms with Crippen LogP contribution in [0.5, 0.6) is 5.88 Å². The maximum absolute atomic E-state index is 14.1. The Labute approximate surface area is 285 Å². The van der Waals surface area contributed by atoms with Crippen LogP contribution >= 0.6 is 0 Å². The van der Waals surface area contributed by atoms with E-state index in [1.807, 2.05) is 37.2 Å². The second-order valence-corrected chi connectivity index (χ2v) is 13.1. The van der Waals surface area contributed by atoms with Crippen LogP contribution in [0.25, 0.3) is 33.2 Å². The van der Waals surface area contributed by atoms with E-state index in [4.69, 9.17) is 23.6 Å². The van der Waals surface area contributed by atoms with Crippen LogP contribution in [0.3, 0.4) is 0 Å². The monoisotopic (exact) mass is 687 g/mol. The van der Waals surface area contributed by atoms with E-state index >= 15 is 0 Å². The van der Waals surface area contributed by atoms with Crippen molar-refractivity contribution < 1.29 is 37.3 Å². The number of fused-ring (bicyclic) bond motifs is 3. The number of aromatic nitrogens is 4. The molecule has 13 nitrogen and oxygen atoms in total. The number of aliphatic carboxylic acids is 1. The minimum atomic E-state index is -2.98. The third-order valence-electron chi connectivity index (χ3n) is 9.83. The van der Waals surface area contributed by atoms with Gasteiger partial charge in [-0.25, -0.2) is 33.5 Å². The molecule has 0 radical (unpaired) electrons. The lowest BCUT2D eigenvalue weighted by atomic mass is 9.90. The summed E-state index contributed by atoms with van der Waals surface area (Å²) in [5, 5.41) is 10.9. The van der Waals surface area contributed by atoms with Gasteiger partial charge in [0, 0.05) is 50.4 Å². The standard InChI is InChI=1S/C35H35F2N7O6/c1-19-35(17-47-18-35)48-11-10-43(19)24-12-21(20-8-9-38-27(13-20)42(2)3)15-39-33(24)49-22-14-25(34(45)46)44(16-22)32-29-28(40-31(41-32)30(36)37)23-6-4-5-7-26(23)50-29/h4-9,12-13,15,19,22,25,30H,10-11,14,16-18H2,1-3H3,(H,45,46)/t19-,22-,25?/m0/s1. The molecule has 1 aromatic carbocycles. The van der Waals surface area contributed by atoms with E-state index in [1.54, 1.807) is 36.7 Å². The van der Waals surface area contributed by atoms with Crippen molar-refractivity contribution in [3.8, 4) is 17.0 Å². The van der Waals surface area contributed by atoms with E-state index in [1.165, 1.54) is 4.90 Å². The first-order chi connectivity index (χ1) is 24.1. The number of furan rings is 1. The summed E-state index contributed by atoms with van der Waals surface area (Å²) in [6.07, 6.45) is -0.154. The van der Waals surface area contributed by atoms with Crippen molar-refractivity contribution in [2.45, 2.75) is 43.6 Å². The Hall–Kier alpha value is -5.15. The van der Waals surface area contributed by atoms with E-state index < -0.39 is 36.0 Å². The number of hydrogen-bond donors (Lipinski definition) is 1. The van der Waals surface area contributed by atoms with Crippen LogP contribution in [-0.2, 0) is 14.3 Å². The second-order valence-electron chi connectivity index (χ2n) is 13.1. The van der Waals surface area contributed by atoms with Gasteiger partial charge in [0.05, 0.1) is 32.4 Å². The molecule has 0 aliphatic carbocycles. The number of benzene rings is 1. The van der Waals surface area contributed by atoms with Crippen molar-refractivity contribution in [2.24, 2.45) is 0 Å². The third-order valence-corrected chi connectivity index (χ3v) is 9.83. The number of carboxylic acid groups (broad SMARTS) is 1. The maximum Gasteiger partial charge on any atom is 0.326 e. The third kappa shape index (κ3) is 5.40. The number of carboxylic acids is 1. The molecule has 3 fully saturated rings. The van der Waals surface area contributed by atoms with Crippen LogP contribution in [0, 0.1) is 0 Å². The molecule has 1 unspecified atom stereocenters. The average molecular weight is 688 g/mol. The largest absolute Gasteiger partial charge is 0.480 e. The normalized spacial score (nSPS) is 21.7. The molecular formula is C35H35F2N7O6. The zero-order valence-electron chi connectivity index (χ0n) is 27.6. The highest BCUT2D eigenvalue weighted by Gasteiger charge is 2.50. The minimum absolute atomic E-state index is 0.0216. The highest BCUT2D eigenvalue weighted by Crippen LogP contribution is 2.42. The van der Waals surface area contributed by atoms with Crippen LogP contribution in [-0.4, -0.2) is 102 Å². The molecule has 5 aromatic rings. The number of carbonyl (C=O) groups is 1. The number of para-hydroxylation sites is 1. The number of pyridine rings is 2. The van der Waals surface area contributed by atoms with Crippen LogP contribution in [0.4, 0.5) is 26.1 Å². The van der Waals surface area contributed by atoms with Crippen molar-refractivity contribution in [1.29, 1.82) is 0 Å². The van der Waals surface area contributed by atoms with Gasteiger partial charge in [0.1, 0.15) is 40.4 Å². The molecule has 4 aromatic heterocycles. The van der Waals surface area contributed by atoms with E-state index in [9.17, 15) is 18.7 Å². The second kappa shape index (κ2) is 12.3. The average Bonchev–Trinajstić information content (AvgIpc) is 3.69. The van der Waals surface area contributed by atoms with Gasteiger partial charge in [-0.05, 0) is 42.8 Å². The van der Waals surface area contributed by atoms with Gasteiger partial charge in [-0.3, -0.25) is 0 Å². The molecule has 15 heteroatoms. The first-order valence-electron chi connectivity index (χ1n) is 16.4. The smallest absolute Gasteiger partial charge is 0.326 e. The van der Waals surface area contributed by atoms with Gasteiger partial charge in [-0.15, -0.1) is 0 Å². The molecule has 7 heterocycles. The van der Waals surface area contributed by atoms with Crippen molar-refractivity contribution in [3.05, 3.63) is 60.7 Å². The van der Waals surface area contributed by atoms with Crippen LogP contribution in [0.2, 0.25) is 0 Å². The van der Waals surface area contributed by atoms with E-state index in [-0.39, 0.29) is 35.9 Å². The van der Waals surface area contributed by atoms with Crippen LogP contribution in [0.1, 0.15) is 25.6 Å². The van der Waals surface area contributed by atoms with Crippen molar-refractivity contribution in [2.75, 3.05) is 61.7 Å². The van der Waals surface area contributed by atoms with Gasteiger partial charge in [0.15, 0.2) is 17.2 Å². The molecule has 0 amide bonds. The lowest BCUT2D eigenvalue weighted by Gasteiger charge is -2.53. The van der Waals surface area contributed by atoms with Gasteiger partial charge in [-0.1, -0.05) is 12.1 Å². The number of morpholine rings is 1. The number of halogens is 2. The summed E-state index contributed by atoms with van der Waals surface area (Å²) in [6, 6.07) is 11.6. The molecule has 0 saturated carbocycles. The Morgan fingerprint density at radius 1 is 1.10 bits per heavy atom. The Morgan fingerprint density at radius 2 is 1.92 bits per heavy atom. The number of alkyl halides is 2. The summed E-state index contributed by atoms with van der Waals surface area (Å²) in [7, 11) is 3.85. The molecule has 3 saturated heterocycles. The molecule has 50 heavy (non-hydrogen) atoms. The fourth-order valence-corrected chi connectivity index (χ4v) is 7.03.